The van der Waals surface area contributed by atoms with Gasteiger partial charge in [-0.1, -0.05) is 0 Å². The Morgan fingerprint density at radius 1 is 1.38 bits per heavy atom. The largest absolute Gasteiger partial charge is 0.478 e. The van der Waals surface area contributed by atoms with Gasteiger partial charge in [0, 0.05) is 12.3 Å². The third-order valence-corrected chi connectivity index (χ3v) is 3.83. The fraction of sp³-hybridized carbons (Fsp3) is 0.417. The zero-order valence-corrected chi connectivity index (χ0v) is 12.4. The molecule has 8 nitrogen and oxygen atoms in total. The van der Waals surface area contributed by atoms with Crippen LogP contribution in [0.3, 0.4) is 0 Å². The van der Waals surface area contributed by atoms with Gasteiger partial charge in [-0.15, -0.1) is 11.8 Å². The number of aryl methyl sites for hydroxylation is 2. The van der Waals surface area contributed by atoms with Gasteiger partial charge in [-0.3, -0.25) is 9.69 Å². The van der Waals surface area contributed by atoms with E-state index in [1.165, 1.54) is 11.8 Å². The smallest absolute Gasteiger partial charge is 0.340 e. The predicted molar refractivity (Wildman–Crippen MR) is 74.3 cm³/mol. The van der Waals surface area contributed by atoms with Crippen LogP contribution in [0.5, 0.6) is 0 Å². The first-order valence-electron chi connectivity index (χ1n) is 6.19. The van der Waals surface area contributed by atoms with Crippen molar-refractivity contribution >= 4 is 29.7 Å². The number of hydrogen-bond donors (Lipinski definition) is 2. The fourth-order valence-corrected chi connectivity index (χ4v) is 2.99. The van der Waals surface area contributed by atoms with Crippen molar-refractivity contribution in [3.8, 4) is 0 Å². The SMILES string of the molecule is Cc1nc(C)c(C(=O)O)c(SCCN2C(=O)CNC2=O)n1. The Labute approximate surface area is 124 Å². The minimum atomic E-state index is -1.09. The zero-order chi connectivity index (χ0) is 15.6. The van der Waals surface area contributed by atoms with Gasteiger partial charge in [0.25, 0.3) is 0 Å². The molecule has 2 heterocycles. The maximum absolute atomic E-state index is 11.4. The Hall–Kier alpha value is -2.16. The van der Waals surface area contributed by atoms with Gasteiger partial charge in [-0.05, 0) is 13.8 Å². The second-order valence-electron chi connectivity index (χ2n) is 4.39. The minimum absolute atomic E-state index is 0.00952. The van der Waals surface area contributed by atoms with Crippen molar-refractivity contribution in [2.45, 2.75) is 18.9 Å². The molecule has 1 fully saturated rings. The van der Waals surface area contributed by atoms with E-state index in [1.54, 1.807) is 13.8 Å². The lowest BCUT2D eigenvalue weighted by Gasteiger charge is -2.12. The van der Waals surface area contributed by atoms with Crippen molar-refractivity contribution in [2.75, 3.05) is 18.8 Å². The first-order chi connectivity index (χ1) is 9.90. The normalized spacial score (nSPS) is 14.5. The molecule has 2 N–H and O–H groups in total. The second kappa shape index (κ2) is 6.08. The van der Waals surface area contributed by atoms with Crippen molar-refractivity contribution in [3.05, 3.63) is 17.1 Å². The number of hydrogen-bond acceptors (Lipinski definition) is 6. The fourth-order valence-electron chi connectivity index (χ4n) is 1.95. The highest BCUT2D eigenvalue weighted by Gasteiger charge is 2.28. The summed E-state index contributed by atoms with van der Waals surface area (Å²) >= 11 is 1.19. The molecule has 0 bridgehead atoms. The van der Waals surface area contributed by atoms with Gasteiger partial charge in [0.05, 0.1) is 12.2 Å². The molecule has 0 radical (unpaired) electrons. The molecule has 1 aromatic heterocycles. The average Bonchev–Trinajstić information content (AvgIpc) is 2.69. The van der Waals surface area contributed by atoms with Crippen LogP contribution in [0, 0.1) is 13.8 Å². The number of rotatable bonds is 5. The lowest BCUT2D eigenvalue weighted by atomic mass is 10.2. The maximum atomic E-state index is 11.4. The van der Waals surface area contributed by atoms with Crippen LogP contribution in [0.4, 0.5) is 4.79 Å². The molecule has 0 aliphatic carbocycles. The summed E-state index contributed by atoms with van der Waals surface area (Å²) in [6.45, 7) is 3.51. The highest BCUT2D eigenvalue weighted by Crippen LogP contribution is 2.23. The van der Waals surface area contributed by atoms with Crippen LogP contribution in [0.2, 0.25) is 0 Å². The number of thioether (sulfide) groups is 1. The number of nitrogens with one attached hydrogen (secondary N) is 1. The number of carbonyl (C=O) groups is 3. The minimum Gasteiger partial charge on any atom is -0.478 e. The van der Waals surface area contributed by atoms with Crippen molar-refractivity contribution in [1.82, 2.24) is 20.2 Å². The van der Waals surface area contributed by atoms with Gasteiger partial charge in [-0.2, -0.15) is 0 Å². The van der Waals surface area contributed by atoms with Gasteiger partial charge in [-0.25, -0.2) is 19.6 Å². The van der Waals surface area contributed by atoms with E-state index in [4.69, 9.17) is 0 Å². The molecule has 1 aromatic rings. The lowest BCUT2D eigenvalue weighted by molar-refractivity contribution is -0.124. The third kappa shape index (κ3) is 3.30. The molecular weight excluding hydrogens is 296 g/mol. The molecule has 0 saturated carbocycles. The molecule has 112 valence electrons. The molecule has 0 atom stereocenters. The van der Waals surface area contributed by atoms with Crippen molar-refractivity contribution in [3.63, 3.8) is 0 Å². The van der Waals surface area contributed by atoms with E-state index in [0.29, 0.717) is 22.3 Å². The Bertz CT molecular complexity index is 604. The molecule has 0 spiro atoms. The number of aromatic nitrogens is 2. The van der Waals surface area contributed by atoms with Crippen LogP contribution in [-0.4, -0.2) is 56.7 Å². The molecule has 0 unspecified atom stereocenters. The molecule has 1 aliphatic rings. The Morgan fingerprint density at radius 3 is 2.67 bits per heavy atom. The number of carboxylic acid groups (broad SMARTS) is 1. The number of nitrogens with zero attached hydrogens (tertiary/aromatic N) is 3. The highest BCUT2D eigenvalue weighted by molar-refractivity contribution is 7.99. The van der Waals surface area contributed by atoms with Gasteiger partial charge < -0.3 is 10.4 Å². The van der Waals surface area contributed by atoms with Crippen LogP contribution in [0.15, 0.2) is 5.03 Å². The monoisotopic (exact) mass is 310 g/mol. The molecular formula is C12H14N4O4S. The number of aromatic carboxylic acids is 1. The summed E-state index contributed by atoms with van der Waals surface area (Å²) in [6.07, 6.45) is 0. The van der Waals surface area contributed by atoms with Crippen LogP contribution >= 0.6 is 11.8 Å². The molecule has 21 heavy (non-hydrogen) atoms. The molecule has 0 aromatic carbocycles. The maximum Gasteiger partial charge on any atom is 0.340 e. The van der Waals surface area contributed by atoms with Gasteiger partial charge >= 0.3 is 12.0 Å². The third-order valence-electron chi connectivity index (χ3n) is 2.87. The second-order valence-corrected chi connectivity index (χ2v) is 5.48. The Kier molecular flexibility index (Phi) is 4.41. The van der Waals surface area contributed by atoms with Crippen LogP contribution in [-0.2, 0) is 4.79 Å². The van der Waals surface area contributed by atoms with Crippen molar-refractivity contribution in [1.29, 1.82) is 0 Å². The molecule has 1 saturated heterocycles. The standard InChI is InChI=1S/C12H14N4O4S/c1-6-9(11(18)19)10(15-7(2)14-6)21-4-3-16-8(17)5-13-12(16)20/h3-5H2,1-2H3,(H,13,20)(H,18,19). The summed E-state index contributed by atoms with van der Waals surface area (Å²) < 4.78 is 0. The van der Waals surface area contributed by atoms with E-state index in [1.807, 2.05) is 0 Å². The van der Waals surface area contributed by atoms with Gasteiger partial charge in [0.15, 0.2) is 0 Å². The molecule has 1 aliphatic heterocycles. The summed E-state index contributed by atoms with van der Waals surface area (Å²) in [4.78, 5) is 43.3. The van der Waals surface area contributed by atoms with Crippen LogP contribution < -0.4 is 5.32 Å². The van der Waals surface area contributed by atoms with Crippen molar-refractivity contribution < 1.29 is 19.5 Å². The molecule has 9 heteroatoms. The zero-order valence-electron chi connectivity index (χ0n) is 11.5. The van der Waals surface area contributed by atoms with Gasteiger partial charge in [0.2, 0.25) is 5.91 Å². The number of urea groups is 1. The summed E-state index contributed by atoms with van der Waals surface area (Å²) in [5, 5.41) is 12.0. The van der Waals surface area contributed by atoms with Crippen LogP contribution in [0.25, 0.3) is 0 Å². The molecule has 2 rings (SSSR count). The van der Waals surface area contributed by atoms with E-state index >= 15 is 0 Å². The number of amides is 3. The van der Waals surface area contributed by atoms with E-state index in [2.05, 4.69) is 15.3 Å². The number of carboxylic acids is 1. The number of imide groups is 1. The summed E-state index contributed by atoms with van der Waals surface area (Å²) in [5.74, 6) is -0.524. The van der Waals surface area contributed by atoms with E-state index in [-0.39, 0.29) is 24.6 Å². The average molecular weight is 310 g/mol. The first-order valence-corrected chi connectivity index (χ1v) is 7.18. The van der Waals surface area contributed by atoms with Crippen molar-refractivity contribution in [2.24, 2.45) is 0 Å². The summed E-state index contributed by atoms with van der Waals surface area (Å²) in [6, 6.07) is -0.422. The highest BCUT2D eigenvalue weighted by atomic mass is 32.2. The summed E-state index contributed by atoms with van der Waals surface area (Å²) in [5.41, 5.74) is 0.454. The van der Waals surface area contributed by atoms with E-state index in [9.17, 15) is 19.5 Å². The Morgan fingerprint density at radius 2 is 2.10 bits per heavy atom. The first kappa shape index (κ1) is 15.2. The molecule has 3 amide bonds. The van der Waals surface area contributed by atoms with E-state index in [0.717, 1.165) is 4.90 Å². The summed E-state index contributed by atoms with van der Waals surface area (Å²) in [7, 11) is 0. The Balaban J connectivity index is 2.08. The quantitative estimate of drug-likeness (QED) is 0.461. The van der Waals surface area contributed by atoms with Crippen LogP contribution in [0.1, 0.15) is 21.9 Å². The predicted octanol–water partition coefficient (Wildman–Crippen LogP) is 0.436. The number of carbonyl (C=O) groups excluding carboxylic acids is 2. The lowest BCUT2D eigenvalue weighted by Crippen LogP contribution is -2.32. The van der Waals surface area contributed by atoms with E-state index < -0.39 is 12.0 Å². The topological polar surface area (TPSA) is 112 Å². The van der Waals surface area contributed by atoms with Gasteiger partial charge in [0.1, 0.15) is 16.4 Å².